The molecule has 1 unspecified atom stereocenters. The van der Waals surface area contributed by atoms with E-state index in [0.717, 1.165) is 0 Å². The molecule has 24 heavy (non-hydrogen) atoms. The van der Waals surface area contributed by atoms with Crippen molar-refractivity contribution in [2.45, 2.75) is 13.0 Å². The summed E-state index contributed by atoms with van der Waals surface area (Å²) in [5.41, 5.74) is 1.15. The van der Waals surface area contributed by atoms with Crippen molar-refractivity contribution < 1.29 is 24.2 Å². The molecule has 2 rings (SSSR count). The second kappa shape index (κ2) is 7.97. The number of rotatable bonds is 6. The minimum atomic E-state index is -0.876. The fourth-order valence-corrected chi connectivity index (χ4v) is 2.07. The Balaban J connectivity index is 1.98. The molecule has 0 amide bonds. The van der Waals surface area contributed by atoms with Gasteiger partial charge < -0.3 is 14.6 Å². The van der Waals surface area contributed by atoms with Crippen molar-refractivity contribution in [1.82, 2.24) is 0 Å². The topological polar surface area (TPSA) is 72.8 Å². The number of carbonyl (C=O) groups is 2. The summed E-state index contributed by atoms with van der Waals surface area (Å²) in [5, 5.41) is 9.52. The van der Waals surface area contributed by atoms with Gasteiger partial charge in [-0.15, -0.1) is 0 Å². The molecule has 0 aliphatic rings. The van der Waals surface area contributed by atoms with Crippen LogP contribution in [0.15, 0.2) is 54.6 Å². The summed E-state index contributed by atoms with van der Waals surface area (Å²) in [4.78, 5) is 24.0. The van der Waals surface area contributed by atoms with Gasteiger partial charge in [0.05, 0.1) is 7.11 Å². The van der Waals surface area contributed by atoms with Crippen LogP contribution in [0.2, 0.25) is 0 Å². The second-order valence-corrected chi connectivity index (χ2v) is 5.07. The molecule has 0 spiro atoms. The van der Waals surface area contributed by atoms with Crippen molar-refractivity contribution in [3.63, 3.8) is 0 Å². The number of ketones is 1. The first-order valence-corrected chi connectivity index (χ1v) is 7.36. The van der Waals surface area contributed by atoms with Gasteiger partial charge in [0.25, 0.3) is 0 Å². The third-order valence-corrected chi connectivity index (χ3v) is 3.34. The van der Waals surface area contributed by atoms with Gasteiger partial charge in [0.15, 0.2) is 17.6 Å². The number of phenols is 1. The first kappa shape index (κ1) is 17.3. The number of phenolic OH excluding ortho intramolecular Hbond substituents is 1. The lowest BCUT2D eigenvalue weighted by molar-refractivity contribution is -0.140. The second-order valence-electron chi connectivity index (χ2n) is 5.07. The third-order valence-electron chi connectivity index (χ3n) is 3.34. The van der Waals surface area contributed by atoms with Crippen molar-refractivity contribution >= 4 is 17.8 Å². The number of esters is 1. The van der Waals surface area contributed by atoms with E-state index in [2.05, 4.69) is 0 Å². The zero-order valence-corrected chi connectivity index (χ0v) is 13.4. The smallest absolute Gasteiger partial charge is 0.331 e. The number of benzene rings is 2. The van der Waals surface area contributed by atoms with Crippen molar-refractivity contribution in [2.24, 2.45) is 0 Å². The molecule has 5 nitrogen and oxygen atoms in total. The van der Waals surface area contributed by atoms with E-state index >= 15 is 0 Å². The predicted octanol–water partition coefficient (Wildman–Crippen LogP) is 3.23. The Hall–Kier alpha value is -3.08. The summed E-state index contributed by atoms with van der Waals surface area (Å²) in [6, 6.07) is 13.3. The number of ether oxygens (including phenoxy) is 2. The van der Waals surface area contributed by atoms with Crippen LogP contribution in [-0.2, 0) is 9.53 Å². The Morgan fingerprint density at radius 1 is 1.12 bits per heavy atom. The van der Waals surface area contributed by atoms with Crippen LogP contribution < -0.4 is 4.74 Å². The third kappa shape index (κ3) is 4.46. The lowest BCUT2D eigenvalue weighted by atomic mass is 10.1. The van der Waals surface area contributed by atoms with Crippen LogP contribution in [0.4, 0.5) is 0 Å². The van der Waals surface area contributed by atoms with Gasteiger partial charge in [0, 0.05) is 11.6 Å². The Bertz CT molecular complexity index is 750. The average Bonchev–Trinajstić information content (AvgIpc) is 2.61. The van der Waals surface area contributed by atoms with Crippen molar-refractivity contribution in [2.75, 3.05) is 7.11 Å². The fraction of sp³-hybridized carbons (Fsp3) is 0.158. The number of hydrogen-bond acceptors (Lipinski definition) is 5. The van der Waals surface area contributed by atoms with E-state index in [-0.39, 0.29) is 11.5 Å². The van der Waals surface area contributed by atoms with Gasteiger partial charge in [0.1, 0.15) is 0 Å². The van der Waals surface area contributed by atoms with Gasteiger partial charge in [0.2, 0.25) is 5.78 Å². The summed E-state index contributed by atoms with van der Waals surface area (Å²) in [6.07, 6.45) is 1.86. The molecule has 0 bridgehead atoms. The molecule has 0 saturated carbocycles. The highest BCUT2D eigenvalue weighted by molar-refractivity contribution is 6.01. The van der Waals surface area contributed by atoms with E-state index in [0.29, 0.717) is 16.9 Å². The lowest BCUT2D eigenvalue weighted by Crippen LogP contribution is -2.23. The average molecular weight is 326 g/mol. The first-order valence-electron chi connectivity index (χ1n) is 7.36. The van der Waals surface area contributed by atoms with E-state index < -0.39 is 12.1 Å². The lowest BCUT2D eigenvalue weighted by Gasteiger charge is -2.10. The number of hydrogen-bond donors (Lipinski definition) is 1. The van der Waals surface area contributed by atoms with Crippen LogP contribution in [0.5, 0.6) is 11.5 Å². The van der Waals surface area contributed by atoms with Gasteiger partial charge in [-0.1, -0.05) is 36.4 Å². The molecule has 5 heteroatoms. The van der Waals surface area contributed by atoms with E-state index in [4.69, 9.17) is 9.47 Å². The predicted molar refractivity (Wildman–Crippen MR) is 90.0 cm³/mol. The molecule has 0 aromatic heterocycles. The highest BCUT2D eigenvalue weighted by Crippen LogP contribution is 2.26. The summed E-state index contributed by atoms with van der Waals surface area (Å²) < 4.78 is 10.1. The zero-order chi connectivity index (χ0) is 17.5. The van der Waals surface area contributed by atoms with Crippen LogP contribution in [0, 0.1) is 0 Å². The molecule has 0 saturated heterocycles. The quantitative estimate of drug-likeness (QED) is 0.501. The maximum absolute atomic E-state index is 12.1. The summed E-state index contributed by atoms with van der Waals surface area (Å²) in [6.45, 7) is 1.53. The minimum Gasteiger partial charge on any atom is -0.504 e. The van der Waals surface area contributed by atoms with Crippen LogP contribution in [0.3, 0.4) is 0 Å². The zero-order valence-electron chi connectivity index (χ0n) is 13.4. The standard InChI is InChI=1S/C19H18O5/c1-13(19(22)15-6-4-3-5-7-15)24-18(21)11-9-14-8-10-16(20)17(12-14)23-2/h3-13,20H,1-2H3. The van der Waals surface area contributed by atoms with E-state index in [9.17, 15) is 14.7 Å². The molecule has 0 aliphatic heterocycles. The van der Waals surface area contributed by atoms with E-state index in [1.165, 1.54) is 32.3 Å². The van der Waals surface area contributed by atoms with E-state index in [1.54, 1.807) is 36.4 Å². The SMILES string of the molecule is COc1cc(C=CC(=O)OC(C)C(=O)c2ccccc2)ccc1O. The Morgan fingerprint density at radius 3 is 2.50 bits per heavy atom. The van der Waals surface area contributed by atoms with Crippen LogP contribution >= 0.6 is 0 Å². The molecule has 1 atom stereocenters. The largest absolute Gasteiger partial charge is 0.504 e. The molecule has 2 aromatic carbocycles. The summed E-state index contributed by atoms with van der Waals surface area (Å²) >= 11 is 0. The highest BCUT2D eigenvalue weighted by Gasteiger charge is 2.18. The first-order chi connectivity index (χ1) is 11.5. The fourth-order valence-electron chi connectivity index (χ4n) is 2.07. The van der Waals surface area contributed by atoms with Crippen molar-refractivity contribution in [1.29, 1.82) is 0 Å². The molecular weight excluding hydrogens is 308 g/mol. The minimum absolute atomic E-state index is 0.0132. The number of aromatic hydroxyl groups is 1. The summed E-state index contributed by atoms with van der Waals surface area (Å²) in [7, 11) is 1.44. The molecule has 0 fully saturated rings. The van der Waals surface area contributed by atoms with Gasteiger partial charge in [-0.25, -0.2) is 4.79 Å². The molecule has 0 radical (unpaired) electrons. The Kier molecular flexibility index (Phi) is 5.73. The number of carbonyl (C=O) groups excluding carboxylic acids is 2. The number of methoxy groups -OCH3 is 1. The molecule has 1 N–H and O–H groups in total. The monoisotopic (exact) mass is 326 g/mol. The van der Waals surface area contributed by atoms with Gasteiger partial charge in [-0.05, 0) is 30.7 Å². The summed E-state index contributed by atoms with van der Waals surface area (Å²) in [5.74, 6) is -0.570. The molecule has 124 valence electrons. The Labute approximate surface area is 140 Å². The van der Waals surface area contributed by atoms with Crippen molar-refractivity contribution in [3.8, 4) is 11.5 Å². The Morgan fingerprint density at radius 2 is 1.83 bits per heavy atom. The van der Waals surface area contributed by atoms with Gasteiger partial charge in [-0.2, -0.15) is 0 Å². The maximum atomic E-state index is 12.1. The molecule has 0 heterocycles. The van der Waals surface area contributed by atoms with Crippen LogP contribution in [0.25, 0.3) is 6.08 Å². The number of Topliss-reactive ketones (excluding diaryl/α,β-unsaturated/α-hetero) is 1. The van der Waals surface area contributed by atoms with Gasteiger partial charge >= 0.3 is 5.97 Å². The van der Waals surface area contributed by atoms with Crippen LogP contribution in [-0.4, -0.2) is 30.1 Å². The molecular formula is C19H18O5. The van der Waals surface area contributed by atoms with Crippen LogP contribution in [0.1, 0.15) is 22.8 Å². The molecule has 2 aromatic rings. The highest BCUT2D eigenvalue weighted by atomic mass is 16.5. The molecule has 0 aliphatic carbocycles. The normalized spacial score (nSPS) is 11.9. The van der Waals surface area contributed by atoms with Gasteiger partial charge in [-0.3, -0.25) is 4.79 Å². The van der Waals surface area contributed by atoms with E-state index in [1.807, 2.05) is 6.07 Å². The van der Waals surface area contributed by atoms with Crippen molar-refractivity contribution in [3.05, 3.63) is 65.7 Å². The maximum Gasteiger partial charge on any atom is 0.331 e.